The summed E-state index contributed by atoms with van der Waals surface area (Å²) in [7, 11) is 5.13. The second kappa shape index (κ2) is 13.9. The van der Waals surface area contributed by atoms with Crippen LogP contribution in [0, 0.1) is 40.5 Å². The molecule has 1 aliphatic carbocycles. The van der Waals surface area contributed by atoms with Crippen LogP contribution < -0.4 is 10.3 Å². The molecule has 2 aliphatic heterocycles. The number of fused-ring (bicyclic) bond motifs is 8. The average molecular weight is 817 g/mol. The predicted octanol–water partition coefficient (Wildman–Crippen LogP) is 4.38. The van der Waals surface area contributed by atoms with Gasteiger partial charge in [0.2, 0.25) is 25.9 Å². The van der Waals surface area contributed by atoms with Gasteiger partial charge in [-0.3, -0.25) is 50.0 Å². The number of hydrogen-bond donors (Lipinski definition) is 0. The molecule has 0 amide bonds. The van der Waals surface area contributed by atoms with Crippen LogP contribution in [0.1, 0.15) is 41.2 Å². The Morgan fingerprint density at radius 2 is 1.53 bits per heavy atom. The number of nitro benzene ring substituents is 4. The molecule has 24 heteroatoms. The minimum absolute atomic E-state index is 0.00463. The lowest BCUT2D eigenvalue weighted by molar-refractivity contribution is -0.395. The van der Waals surface area contributed by atoms with E-state index in [1.807, 2.05) is 0 Å². The number of oxime groups is 1. The molecule has 0 saturated carbocycles. The molecule has 0 fully saturated rings. The van der Waals surface area contributed by atoms with Gasteiger partial charge in [0.1, 0.15) is 18.1 Å². The number of pyridine rings is 2. The topological polar surface area (TPSA) is 308 Å². The molecular weight excluding hydrogens is 797 g/mol. The Kier molecular flexibility index (Phi) is 8.90. The summed E-state index contributed by atoms with van der Waals surface area (Å²) >= 11 is 0. The lowest BCUT2D eigenvalue weighted by Crippen LogP contribution is -2.48. The van der Waals surface area contributed by atoms with Crippen LogP contribution in [0.5, 0.6) is 5.75 Å². The second-order valence-electron chi connectivity index (χ2n) is 13.3. The predicted molar refractivity (Wildman–Crippen MR) is 200 cm³/mol. The van der Waals surface area contributed by atoms with E-state index in [1.165, 1.54) is 29.7 Å². The highest BCUT2D eigenvalue weighted by Gasteiger charge is 2.51. The molecule has 1 atom stereocenters. The van der Waals surface area contributed by atoms with Crippen molar-refractivity contribution in [3.05, 3.63) is 133 Å². The normalized spacial score (nSPS) is 15.4. The smallest absolute Gasteiger partial charge is 0.355 e. The SMILES string of the molecule is [B]C(=O)Oc1ccc2nc3c(cc2c1)Cn1c-3cc2c(c1=O)COC(=O)[C@@]2(CC)OC(=O)CON=C1c2cc([N+](=O)[O-])cc([N+](=O)[O-])c2-c2c1cc([N+](=O)[O-])cc2[N+](=O)[O-]. The van der Waals surface area contributed by atoms with E-state index in [4.69, 9.17) is 31.9 Å². The number of ether oxygens (including phenoxy) is 3. The van der Waals surface area contributed by atoms with Gasteiger partial charge in [-0.2, -0.15) is 0 Å². The maximum Gasteiger partial charge on any atom is 0.355 e. The molecule has 2 aromatic heterocycles. The number of nitrogens with zero attached hydrogens (tertiary/aromatic N) is 7. The largest absolute Gasteiger partial charge is 0.457 e. The molecule has 5 aromatic rings. The lowest BCUT2D eigenvalue weighted by atomic mass is 9.85. The van der Waals surface area contributed by atoms with Crippen molar-refractivity contribution in [1.29, 1.82) is 0 Å². The molecule has 2 radical (unpaired) electrons. The van der Waals surface area contributed by atoms with Crippen LogP contribution in [-0.2, 0) is 42.7 Å². The molecule has 0 spiro atoms. The van der Waals surface area contributed by atoms with E-state index in [2.05, 4.69) is 5.16 Å². The Labute approximate surface area is 332 Å². The van der Waals surface area contributed by atoms with Crippen LogP contribution in [0.25, 0.3) is 33.4 Å². The zero-order chi connectivity index (χ0) is 42.9. The van der Waals surface area contributed by atoms with Gasteiger partial charge in [-0.25, -0.2) is 14.6 Å². The van der Waals surface area contributed by atoms with Gasteiger partial charge in [-0.1, -0.05) is 12.1 Å². The van der Waals surface area contributed by atoms with Gasteiger partial charge >= 0.3 is 11.9 Å². The van der Waals surface area contributed by atoms with Crippen molar-refractivity contribution in [2.75, 3.05) is 6.61 Å². The Morgan fingerprint density at radius 3 is 2.10 bits per heavy atom. The zero-order valence-electron chi connectivity index (χ0n) is 30.3. The first-order valence-corrected chi connectivity index (χ1v) is 17.2. The molecule has 3 aromatic carbocycles. The van der Waals surface area contributed by atoms with E-state index in [0.29, 0.717) is 34.3 Å². The highest BCUT2D eigenvalue weighted by Crippen LogP contribution is 2.50. The maximum atomic E-state index is 13.9. The van der Waals surface area contributed by atoms with E-state index in [9.17, 15) is 59.6 Å². The van der Waals surface area contributed by atoms with Gasteiger partial charge in [0.25, 0.3) is 28.3 Å². The molecule has 0 saturated heterocycles. The van der Waals surface area contributed by atoms with Crippen LogP contribution in [0.15, 0.2) is 64.5 Å². The summed E-state index contributed by atoms with van der Waals surface area (Å²) in [5.74, 6) is -3.16. The van der Waals surface area contributed by atoms with Crippen molar-refractivity contribution in [3.63, 3.8) is 0 Å². The molecule has 0 unspecified atom stereocenters. The Hall–Kier alpha value is -8.44. The fraction of sp³-hybridized carbons (Fsp3) is 0.167. The summed E-state index contributed by atoms with van der Waals surface area (Å²) < 4.78 is 17.4. The first-order valence-electron chi connectivity index (χ1n) is 17.2. The number of carbonyl (C=O) groups is 3. The van der Waals surface area contributed by atoms with Gasteiger partial charge in [0.15, 0.2) is 0 Å². The number of non-ortho nitro benzene ring substituents is 2. The second-order valence-corrected chi connectivity index (χ2v) is 13.3. The van der Waals surface area contributed by atoms with Gasteiger partial charge in [0.05, 0.1) is 72.0 Å². The first-order chi connectivity index (χ1) is 28.5. The van der Waals surface area contributed by atoms with Crippen LogP contribution in [0.3, 0.4) is 0 Å². The fourth-order valence-corrected chi connectivity index (χ4v) is 7.54. The molecule has 23 nitrogen and oxygen atoms in total. The van der Waals surface area contributed by atoms with Gasteiger partial charge < -0.3 is 23.6 Å². The minimum Gasteiger partial charge on any atom is -0.457 e. The molecule has 8 rings (SSSR count). The highest BCUT2D eigenvalue weighted by molar-refractivity contribution is 6.55. The lowest BCUT2D eigenvalue weighted by Gasteiger charge is -2.35. The van der Waals surface area contributed by atoms with Crippen LogP contribution >= 0.6 is 0 Å². The number of rotatable bonds is 10. The molecule has 3 aliphatic rings. The number of cyclic esters (lactones) is 1. The highest BCUT2D eigenvalue weighted by atomic mass is 16.7. The quantitative estimate of drug-likeness (QED) is 0.0800. The van der Waals surface area contributed by atoms with Crippen LogP contribution in [0.4, 0.5) is 27.5 Å². The number of esters is 2. The molecule has 4 heterocycles. The van der Waals surface area contributed by atoms with E-state index < -0.39 is 113 Å². The van der Waals surface area contributed by atoms with Gasteiger partial charge in [-0.05, 0) is 36.8 Å². The summed E-state index contributed by atoms with van der Waals surface area (Å²) in [5, 5.41) is 52.1. The molecule has 298 valence electrons. The number of hydrogen-bond acceptors (Lipinski definition) is 18. The minimum atomic E-state index is -2.22. The van der Waals surface area contributed by atoms with Gasteiger partial charge in [-0.15, -0.1) is 0 Å². The number of nitro groups is 4. The van der Waals surface area contributed by atoms with Crippen molar-refractivity contribution < 1.29 is 53.1 Å². The number of carbonyl (C=O) groups excluding carboxylic acids is 3. The Morgan fingerprint density at radius 1 is 0.900 bits per heavy atom. The summed E-state index contributed by atoms with van der Waals surface area (Å²) in [5.41, 5.74) is -7.21. The Balaban J connectivity index is 1.15. The number of benzene rings is 3. The van der Waals surface area contributed by atoms with E-state index in [0.717, 1.165) is 12.1 Å². The third kappa shape index (κ3) is 6.00. The monoisotopic (exact) mass is 817 g/mol. The third-order valence-electron chi connectivity index (χ3n) is 10.1. The molecular formula is C36H20BN7O16. The van der Waals surface area contributed by atoms with Crippen LogP contribution in [-0.4, -0.2) is 67.2 Å². The van der Waals surface area contributed by atoms with Crippen molar-refractivity contribution in [3.8, 4) is 28.3 Å². The average Bonchev–Trinajstić information content (AvgIpc) is 3.71. The van der Waals surface area contributed by atoms with E-state index in [-0.39, 0.29) is 35.5 Å². The van der Waals surface area contributed by atoms with Crippen molar-refractivity contribution >= 4 is 65.0 Å². The fourth-order valence-electron chi connectivity index (χ4n) is 7.54. The zero-order valence-corrected chi connectivity index (χ0v) is 30.3. The molecule has 0 N–H and O–H groups in total. The van der Waals surface area contributed by atoms with Crippen molar-refractivity contribution in [1.82, 2.24) is 9.55 Å². The maximum absolute atomic E-state index is 13.9. The molecule has 0 bridgehead atoms. The molecule has 60 heavy (non-hydrogen) atoms. The standard InChI is InChI=1S/C36H20BN7O16/c1-2-36(23-11-27-31-16(12-40(27)33(46)22(23)13-57-34(36)47)5-15-6-19(59-35(37)48)3-4-24(15)38-31)60-28(45)14-58-39-32-20-7-17(41(49)50)9-25(43(53)54)29(20)30-21(32)8-18(42(51)52)10-26(30)44(55)56/h3-11H,2,12-14H2,1H3/t36-/m0/s1. The van der Waals surface area contributed by atoms with E-state index in [1.54, 1.807) is 12.1 Å². The number of aromatic nitrogens is 2. The third-order valence-corrected chi connectivity index (χ3v) is 10.1. The summed E-state index contributed by atoms with van der Waals surface area (Å²) in [6.45, 7) is -0.0560. The first kappa shape index (κ1) is 38.4. The Bertz CT molecular complexity index is 2900. The van der Waals surface area contributed by atoms with Crippen molar-refractivity contribution in [2.45, 2.75) is 32.1 Å². The van der Waals surface area contributed by atoms with Crippen molar-refractivity contribution in [2.24, 2.45) is 5.16 Å². The van der Waals surface area contributed by atoms with Gasteiger partial charge in [0, 0.05) is 39.8 Å². The van der Waals surface area contributed by atoms with E-state index >= 15 is 0 Å². The summed E-state index contributed by atoms with van der Waals surface area (Å²) in [4.78, 5) is 106. The van der Waals surface area contributed by atoms with Crippen LogP contribution in [0.2, 0.25) is 0 Å². The summed E-state index contributed by atoms with van der Waals surface area (Å²) in [6.07, 6.45) is -0.260. The summed E-state index contributed by atoms with van der Waals surface area (Å²) in [6, 6.07) is 10.5.